The second-order valence-electron chi connectivity index (χ2n) is 6.98. The lowest BCUT2D eigenvalue weighted by atomic mass is 9.91. The van der Waals surface area contributed by atoms with Crippen LogP contribution in [0.3, 0.4) is 0 Å². The maximum Gasteiger partial charge on any atom is 0.232 e. The lowest BCUT2D eigenvalue weighted by Crippen LogP contribution is -2.32. The number of carbonyl (C=O) groups is 2. The van der Waals surface area contributed by atoms with Gasteiger partial charge in [0.25, 0.3) is 0 Å². The molecule has 2 aromatic carbocycles. The second-order valence-corrected chi connectivity index (χ2v) is 6.98. The van der Waals surface area contributed by atoms with Crippen molar-refractivity contribution in [2.24, 2.45) is 0 Å². The Bertz CT molecular complexity index is 890. The van der Waals surface area contributed by atoms with Crippen LogP contribution in [0.5, 0.6) is 0 Å². The van der Waals surface area contributed by atoms with Gasteiger partial charge in [-0.15, -0.1) is 6.58 Å². The summed E-state index contributed by atoms with van der Waals surface area (Å²) in [6, 6.07) is 10.0. The molecule has 0 radical (unpaired) electrons. The van der Waals surface area contributed by atoms with Gasteiger partial charge in [-0.2, -0.15) is 0 Å². The van der Waals surface area contributed by atoms with Crippen molar-refractivity contribution in [3.05, 3.63) is 77.1 Å². The molecule has 1 aliphatic heterocycles. The number of anilines is 1. The number of hydrogen-bond acceptors (Lipinski definition) is 2. The number of hydrogen-bond donors (Lipinski definition) is 1. The third-order valence-corrected chi connectivity index (χ3v) is 4.82. The molecule has 5 heteroatoms. The fourth-order valence-corrected chi connectivity index (χ4v) is 3.61. The number of halogens is 1. The van der Waals surface area contributed by atoms with E-state index < -0.39 is 5.92 Å². The third-order valence-electron chi connectivity index (χ3n) is 4.82. The molecule has 3 rings (SSSR count). The first-order valence-electron chi connectivity index (χ1n) is 8.94. The van der Waals surface area contributed by atoms with Gasteiger partial charge in [0.1, 0.15) is 5.82 Å². The fraction of sp³-hybridized carbons (Fsp3) is 0.273. The molecule has 2 aromatic rings. The summed E-state index contributed by atoms with van der Waals surface area (Å²) in [5.74, 6) is -1.08. The lowest BCUT2D eigenvalue weighted by molar-refractivity contribution is -0.133. The third kappa shape index (κ3) is 4.08. The highest BCUT2D eigenvalue weighted by atomic mass is 19.1. The zero-order chi connectivity index (χ0) is 19.6. The SMILES string of the molecule is C=CCN(Cc1ccc(F)cc1)C(=O)C[C@H]1C(=O)Nc2cc(C)cc(C)c21. The van der Waals surface area contributed by atoms with Gasteiger partial charge in [0.2, 0.25) is 11.8 Å². The maximum atomic E-state index is 13.1. The van der Waals surface area contributed by atoms with Crippen molar-refractivity contribution in [2.75, 3.05) is 11.9 Å². The first kappa shape index (κ1) is 18.8. The van der Waals surface area contributed by atoms with Gasteiger partial charge in [-0.1, -0.05) is 24.3 Å². The Labute approximate surface area is 158 Å². The number of aryl methyl sites for hydroxylation is 2. The van der Waals surface area contributed by atoms with Crippen molar-refractivity contribution in [2.45, 2.75) is 32.7 Å². The van der Waals surface area contributed by atoms with E-state index in [-0.39, 0.29) is 24.1 Å². The summed E-state index contributed by atoms with van der Waals surface area (Å²) in [5.41, 5.74) is 4.61. The van der Waals surface area contributed by atoms with Crippen molar-refractivity contribution in [1.29, 1.82) is 0 Å². The van der Waals surface area contributed by atoms with Crippen molar-refractivity contribution >= 4 is 17.5 Å². The highest BCUT2D eigenvalue weighted by molar-refractivity contribution is 6.05. The Balaban J connectivity index is 1.79. The number of amides is 2. The van der Waals surface area contributed by atoms with Gasteiger partial charge in [-0.05, 0) is 54.3 Å². The molecule has 27 heavy (non-hydrogen) atoms. The van der Waals surface area contributed by atoms with Gasteiger partial charge in [0, 0.05) is 25.2 Å². The van der Waals surface area contributed by atoms with Crippen LogP contribution < -0.4 is 5.32 Å². The largest absolute Gasteiger partial charge is 0.335 e. The maximum absolute atomic E-state index is 13.1. The van der Waals surface area contributed by atoms with E-state index in [0.717, 1.165) is 27.9 Å². The summed E-state index contributed by atoms with van der Waals surface area (Å²) in [6.07, 6.45) is 1.75. The molecular weight excluding hydrogens is 343 g/mol. The van der Waals surface area contributed by atoms with Crippen LogP contribution in [0.2, 0.25) is 0 Å². The van der Waals surface area contributed by atoms with Crippen LogP contribution in [0.4, 0.5) is 10.1 Å². The number of rotatable bonds is 6. The van der Waals surface area contributed by atoms with E-state index in [9.17, 15) is 14.0 Å². The molecule has 0 bridgehead atoms. The van der Waals surface area contributed by atoms with Crippen molar-refractivity contribution in [3.8, 4) is 0 Å². The van der Waals surface area contributed by atoms with E-state index in [4.69, 9.17) is 0 Å². The van der Waals surface area contributed by atoms with E-state index in [0.29, 0.717) is 13.1 Å². The van der Waals surface area contributed by atoms with Gasteiger partial charge in [0.15, 0.2) is 0 Å². The second kappa shape index (κ2) is 7.74. The highest BCUT2D eigenvalue weighted by Crippen LogP contribution is 2.38. The number of fused-ring (bicyclic) bond motifs is 1. The Kier molecular flexibility index (Phi) is 5.40. The summed E-state index contributed by atoms with van der Waals surface area (Å²) in [4.78, 5) is 27.0. The quantitative estimate of drug-likeness (QED) is 0.783. The molecule has 0 unspecified atom stereocenters. The molecule has 4 nitrogen and oxygen atoms in total. The molecule has 1 atom stereocenters. The molecule has 2 amide bonds. The summed E-state index contributed by atoms with van der Waals surface area (Å²) in [5, 5.41) is 2.89. The molecule has 0 aromatic heterocycles. The van der Waals surface area contributed by atoms with Crippen molar-refractivity contribution in [3.63, 3.8) is 0 Å². The predicted molar refractivity (Wildman–Crippen MR) is 104 cm³/mol. The molecule has 0 saturated heterocycles. The summed E-state index contributed by atoms with van der Waals surface area (Å²) in [7, 11) is 0. The number of benzene rings is 2. The Hall–Kier alpha value is -2.95. The summed E-state index contributed by atoms with van der Waals surface area (Å²) in [6.45, 7) is 8.36. The zero-order valence-electron chi connectivity index (χ0n) is 15.6. The smallest absolute Gasteiger partial charge is 0.232 e. The van der Waals surface area contributed by atoms with Crippen LogP contribution in [0.1, 0.15) is 34.6 Å². The monoisotopic (exact) mass is 366 g/mol. The molecule has 0 aliphatic carbocycles. The number of carbonyl (C=O) groups excluding carboxylic acids is 2. The van der Waals surface area contributed by atoms with E-state index in [2.05, 4.69) is 11.9 Å². The minimum absolute atomic E-state index is 0.0950. The standard InChI is InChI=1S/C22H23FN2O2/c1-4-9-25(13-16-5-7-17(23)8-6-16)20(26)12-18-21-15(3)10-14(2)11-19(21)24-22(18)27/h4-8,10-11,18H,1,9,12-13H2,2-3H3,(H,24,27)/t18-/m1/s1. The van der Waals surface area contributed by atoms with Crippen LogP contribution in [-0.4, -0.2) is 23.3 Å². The Morgan fingerprint density at radius 2 is 1.96 bits per heavy atom. The molecule has 1 N–H and O–H groups in total. The molecule has 0 saturated carbocycles. The average Bonchev–Trinajstić information content (AvgIpc) is 2.91. The minimum Gasteiger partial charge on any atom is -0.335 e. The van der Waals surface area contributed by atoms with Crippen LogP contribution in [0.25, 0.3) is 0 Å². The van der Waals surface area contributed by atoms with Gasteiger partial charge < -0.3 is 10.2 Å². The van der Waals surface area contributed by atoms with Gasteiger partial charge in [0.05, 0.1) is 5.92 Å². The van der Waals surface area contributed by atoms with E-state index in [1.54, 1.807) is 23.1 Å². The minimum atomic E-state index is -0.492. The topological polar surface area (TPSA) is 49.4 Å². The Morgan fingerprint density at radius 3 is 2.63 bits per heavy atom. The van der Waals surface area contributed by atoms with Crippen LogP contribution >= 0.6 is 0 Å². The highest BCUT2D eigenvalue weighted by Gasteiger charge is 2.34. The Morgan fingerprint density at radius 1 is 1.26 bits per heavy atom. The molecule has 1 aliphatic rings. The fourth-order valence-electron chi connectivity index (χ4n) is 3.61. The van der Waals surface area contributed by atoms with Crippen LogP contribution in [0.15, 0.2) is 49.1 Å². The molecule has 0 spiro atoms. The average molecular weight is 366 g/mol. The van der Waals surface area contributed by atoms with Crippen LogP contribution in [0, 0.1) is 19.7 Å². The summed E-state index contributed by atoms with van der Waals surface area (Å²) < 4.78 is 13.1. The summed E-state index contributed by atoms with van der Waals surface area (Å²) >= 11 is 0. The lowest BCUT2D eigenvalue weighted by Gasteiger charge is -2.23. The van der Waals surface area contributed by atoms with Gasteiger partial charge in [-0.25, -0.2) is 4.39 Å². The molecular formula is C22H23FN2O2. The van der Waals surface area contributed by atoms with Gasteiger partial charge in [-0.3, -0.25) is 9.59 Å². The molecule has 140 valence electrons. The van der Waals surface area contributed by atoms with Crippen molar-refractivity contribution in [1.82, 2.24) is 4.90 Å². The van der Waals surface area contributed by atoms with Gasteiger partial charge >= 0.3 is 0 Å². The first-order valence-corrected chi connectivity index (χ1v) is 8.94. The normalized spacial score (nSPS) is 15.2. The number of nitrogens with zero attached hydrogens (tertiary/aromatic N) is 1. The van der Waals surface area contributed by atoms with E-state index in [1.807, 2.05) is 26.0 Å². The van der Waals surface area contributed by atoms with Crippen LogP contribution in [-0.2, 0) is 16.1 Å². The van der Waals surface area contributed by atoms with Crippen molar-refractivity contribution < 1.29 is 14.0 Å². The zero-order valence-corrected chi connectivity index (χ0v) is 15.6. The number of nitrogens with one attached hydrogen (secondary N) is 1. The molecule has 1 heterocycles. The molecule has 0 fully saturated rings. The van der Waals surface area contributed by atoms with E-state index in [1.165, 1.54) is 12.1 Å². The first-order chi connectivity index (χ1) is 12.9. The predicted octanol–water partition coefficient (Wildman–Crippen LogP) is 4.08. The van der Waals surface area contributed by atoms with E-state index >= 15 is 0 Å².